The Morgan fingerprint density at radius 2 is 2.12 bits per heavy atom. The number of rotatable bonds is 0. The maximum Gasteiger partial charge on any atom is 0.114 e. The minimum atomic E-state index is 1.02. The fraction of sp³-hybridized carbons (Fsp3) is 0.333. The summed E-state index contributed by atoms with van der Waals surface area (Å²) in [6.45, 7) is 4.01. The van der Waals surface area contributed by atoms with Crippen LogP contribution in [0.1, 0.15) is 11.3 Å². The molecule has 0 atom stereocenters. The largest absolute Gasteiger partial charge is 0.468 e. The Bertz CT molecular complexity index is 171. The van der Waals surface area contributed by atoms with Gasteiger partial charge in [-0.25, -0.2) is 0 Å². The summed E-state index contributed by atoms with van der Waals surface area (Å²) in [6, 6.07) is 0. The summed E-state index contributed by atoms with van der Waals surface area (Å²) in [5.74, 6) is 1.02. The van der Waals surface area contributed by atoms with Gasteiger partial charge >= 0.3 is 0 Å². The van der Waals surface area contributed by atoms with Crippen molar-refractivity contribution >= 4 is 22.6 Å². The number of aryl methyl sites for hydroxylation is 2. The second kappa shape index (κ2) is 2.09. The van der Waals surface area contributed by atoms with Crippen molar-refractivity contribution in [3.63, 3.8) is 0 Å². The van der Waals surface area contributed by atoms with Gasteiger partial charge < -0.3 is 4.42 Å². The van der Waals surface area contributed by atoms with Gasteiger partial charge in [0.05, 0.1) is 9.83 Å². The van der Waals surface area contributed by atoms with E-state index in [2.05, 4.69) is 22.6 Å². The van der Waals surface area contributed by atoms with E-state index in [-0.39, 0.29) is 0 Å². The van der Waals surface area contributed by atoms with E-state index in [9.17, 15) is 0 Å². The van der Waals surface area contributed by atoms with E-state index in [4.69, 9.17) is 4.42 Å². The molecule has 0 aliphatic carbocycles. The summed E-state index contributed by atoms with van der Waals surface area (Å²) >= 11 is 2.27. The molecule has 0 aromatic carbocycles. The average molecular weight is 222 g/mol. The molecule has 0 fully saturated rings. The number of furan rings is 1. The molecule has 0 aliphatic rings. The zero-order valence-electron chi connectivity index (χ0n) is 4.86. The van der Waals surface area contributed by atoms with Crippen molar-refractivity contribution in [3.05, 3.63) is 21.2 Å². The third-order valence-electron chi connectivity index (χ3n) is 1.07. The first kappa shape index (κ1) is 6.13. The van der Waals surface area contributed by atoms with E-state index in [1.807, 2.05) is 13.8 Å². The average Bonchev–Trinajstić information content (AvgIpc) is 1.98. The summed E-state index contributed by atoms with van der Waals surface area (Å²) in [5, 5.41) is 0. The van der Waals surface area contributed by atoms with Crippen LogP contribution < -0.4 is 0 Å². The third kappa shape index (κ3) is 0.891. The van der Waals surface area contributed by atoms with Crippen LogP contribution in [0.15, 0.2) is 10.7 Å². The van der Waals surface area contributed by atoms with Crippen molar-refractivity contribution < 1.29 is 4.42 Å². The van der Waals surface area contributed by atoms with E-state index in [1.54, 1.807) is 6.26 Å². The summed E-state index contributed by atoms with van der Waals surface area (Å²) in [5.41, 5.74) is 1.23. The van der Waals surface area contributed by atoms with E-state index in [1.165, 1.54) is 9.13 Å². The van der Waals surface area contributed by atoms with Crippen LogP contribution in [0.25, 0.3) is 0 Å². The van der Waals surface area contributed by atoms with Crippen molar-refractivity contribution in [2.45, 2.75) is 13.8 Å². The molecule has 44 valence electrons. The lowest BCUT2D eigenvalue weighted by molar-refractivity contribution is 0.531. The minimum Gasteiger partial charge on any atom is -0.468 e. The van der Waals surface area contributed by atoms with Crippen molar-refractivity contribution in [1.29, 1.82) is 0 Å². The van der Waals surface area contributed by atoms with Crippen LogP contribution in [-0.4, -0.2) is 0 Å². The highest BCUT2D eigenvalue weighted by molar-refractivity contribution is 14.1. The Morgan fingerprint density at radius 1 is 1.50 bits per heavy atom. The zero-order valence-corrected chi connectivity index (χ0v) is 7.02. The molecule has 0 bridgehead atoms. The number of halogens is 1. The van der Waals surface area contributed by atoms with Crippen LogP contribution in [0.4, 0.5) is 0 Å². The summed E-state index contributed by atoms with van der Waals surface area (Å²) in [7, 11) is 0. The van der Waals surface area contributed by atoms with Gasteiger partial charge in [-0.15, -0.1) is 0 Å². The van der Waals surface area contributed by atoms with Gasteiger partial charge in [-0.05, 0) is 36.4 Å². The molecular formula is C6H7IO. The van der Waals surface area contributed by atoms with Crippen LogP contribution in [-0.2, 0) is 0 Å². The highest BCUT2D eigenvalue weighted by Gasteiger charge is 1.99. The molecule has 2 heteroatoms. The van der Waals surface area contributed by atoms with Gasteiger partial charge in [-0.1, -0.05) is 0 Å². The molecule has 0 saturated heterocycles. The molecule has 8 heavy (non-hydrogen) atoms. The first-order valence-electron chi connectivity index (χ1n) is 2.42. The molecule has 0 unspecified atom stereocenters. The molecule has 0 N–H and O–H groups in total. The van der Waals surface area contributed by atoms with Gasteiger partial charge in [0.2, 0.25) is 0 Å². The van der Waals surface area contributed by atoms with E-state index in [0.29, 0.717) is 0 Å². The molecule has 1 aromatic rings. The normalized spacial score (nSPS) is 9.88. The van der Waals surface area contributed by atoms with Gasteiger partial charge in [-0.3, -0.25) is 0 Å². The smallest absolute Gasteiger partial charge is 0.114 e. The van der Waals surface area contributed by atoms with E-state index < -0.39 is 0 Å². The predicted octanol–water partition coefficient (Wildman–Crippen LogP) is 2.50. The molecule has 1 nitrogen and oxygen atoms in total. The first-order valence-corrected chi connectivity index (χ1v) is 3.50. The van der Waals surface area contributed by atoms with Gasteiger partial charge in [0.15, 0.2) is 0 Å². The molecule has 1 rings (SSSR count). The highest BCUT2D eigenvalue weighted by Crippen LogP contribution is 2.16. The molecule has 1 aromatic heterocycles. The molecule has 0 radical (unpaired) electrons. The zero-order chi connectivity index (χ0) is 6.15. The van der Waals surface area contributed by atoms with Crippen LogP contribution in [0.5, 0.6) is 0 Å². The number of hydrogen-bond acceptors (Lipinski definition) is 1. The Hall–Kier alpha value is 0.01000. The molecule has 0 spiro atoms. The van der Waals surface area contributed by atoms with Crippen LogP contribution in [0, 0.1) is 17.4 Å². The monoisotopic (exact) mass is 222 g/mol. The van der Waals surface area contributed by atoms with E-state index in [0.717, 1.165) is 5.76 Å². The van der Waals surface area contributed by atoms with Crippen LogP contribution in [0.3, 0.4) is 0 Å². The topological polar surface area (TPSA) is 13.1 Å². The highest BCUT2D eigenvalue weighted by atomic mass is 127. The molecule has 0 aliphatic heterocycles. The van der Waals surface area contributed by atoms with Crippen molar-refractivity contribution in [1.82, 2.24) is 0 Å². The predicted molar refractivity (Wildman–Crippen MR) is 40.9 cm³/mol. The number of hydrogen-bond donors (Lipinski definition) is 0. The third-order valence-corrected chi connectivity index (χ3v) is 2.68. The molecule has 0 amide bonds. The SMILES string of the molecule is Cc1coc(C)c1I. The lowest BCUT2D eigenvalue weighted by Crippen LogP contribution is -1.69. The van der Waals surface area contributed by atoms with Crippen LogP contribution >= 0.6 is 22.6 Å². The molecule has 0 saturated carbocycles. The Morgan fingerprint density at radius 3 is 2.25 bits per heavy atom. The standard InChI is InChI=1S/C6H7IO/c1-4-3-8-5(2)6(4)7/h3H,1-2H3. The van der Waals surface area contributed by atoms with Crippen molar-refractivity contribution in [3.8, 4) is 0 Å². The first-order chi connectivity index (χ1) is 3.72. The minimum absolute atomic E-state index is 1.02. The van der Waals surface area contributed by atoms with Gasteiger partial charge in [0.1, 0.15) is 5.76 Å². The van der Waals surface area contributed by atoms with Crippen molar-refractivity contribution in [2.75, 3.05) is 0 Å². The van der Waals surface area contributed by atoms with Crippen molar-refractivity contribution in [2.24, 2.45) is 0 Å². The summed E-state index contributed by atoms with van der Waals surface area (Å²) in [6.07, 6.45) is 1.77. The maximum absolute atomic E-state index is 5.09. The molecule has 1 heterocycles. The lowest BCUT2D eigenvalue weighted by Gasteiger charge is -1.81. The van der Waals surface area contributed by atoms with Crippen LogP contribution in [0.2, 0.25) is 0 Å². The molecular weight excluding hydrogens is 215 g/mol. The van der Waals surface area contributed by atoms with Gasteiger partial charge in [0, 0.05) is 5.56 Å². The maximum atomic E-state index is 5.09. The Kier molecular flexibility index (Phi) is 1.60. The van der Waals surface area contributed by atoms with Gasteiger partial charge in [-0.2, -0.15) is 0 Å². The summed E-state index contributed by atoms with van der Waals surface area (Å²) in [4.78, 5) is 0. The van der Waals surface area contributed by atoms with Gasteiger partial charge in [0.25, 0.3) is 0 Å². The quantitative estimate of drug-likeness (QED) is 0.614. The van der Waals surface area contributed by atoms with E-state index >= 15 is 0 Å². The second-order valence-electron chi connectivity index (χ2n) is 1.79. The fourth-order valence-electron chi connectivity index (χ4n) is 0.558. The fourth-order valence-corrected chi connectivity index (χ4v) is 0.812. The Balaban J connectivity index is 3.19. The lowest BCUT2D eigenvalue weighted by atomic mass is 10.4. The second-order valence-corrected chi connectivity index (χ2v) is 2.87. The Labute approximate surface area is 62.2 Å². The summed E-state index contributed by atoms with van der Waals surface area (Å²) < 4.78 is 6.33.